The second-order valence-electron chi connectivity index (χ2n) is 6.32. The number of nitrogens with zero attached hydrogens (tertiary/aromatic N) is 2. The first-order valence-corrected chi connectivity index (χ1v) is 9.37. The van der Waals surface area contributed by atoms with Crippen LogP contribution < -0.4 is 15.8 Å². The Morgan fingerprint density at radius 2 is 2.26 bits per heavy atom. The number of anilines is 1. The number of hydrogen-bond acceptors (Lipinski definition) is 5. The van der Waals surface area contributed by atoms with E-state index in [0.717, 1.165) is 16.9 Å². The van der Waals surface area contributed by atoms with Crippen molar-refractivity contribution in [1.82, 2.24) is 9.78 Å². The van der Waals surface area contributed by atoms with Crippen molar-refractivity contribution >= 4 is 29.0 Å². The van der Waals surface area contributed by atoms with E-state index in [2.05, 4.69) is 10.4 Å². The maximum atomic E-state index is 12.3. The minimum absolute atomic E-state index is 0.0520. The number of hydrogen-bond donors (Lipinski definition) is 2. The lowest BCUT2D eigenvalue weighted by molar-refractivity contribution is -0.120. The summed E-state index contributed by atoms with van der Waals surface area (Å²) >= 11 is 1.65. The normalized spacial score (nSPS) is 15.9. The van der Waals surface area contributed by atoms with Crippen molar-refractivity contribution in [2.75, 3.05) is 11.9 Å². The molecule has 7 nitrogen and oxygen atoms in total. The molecule has 138 valence electrons. The van der Waals surface area contributed by atoms with Crippen LogP contribution >= 0.6 is 11.3 Å². The first kappa shape index (κ1) is 17.3. The third-order valence-electron chi connectivity index (χ3n) is 4.42. The van der Waals surface area contributed by atoms with E-state index in [1.807, 2.05) is 46.6 Å². The van der Waals surface area contributed by atoms with Gasteiger partial charge in [-0.2, -0.15) is 5.10 Å². The van der Waals surface area contributed by atoms with Crippen LogP contribution in [0.3, 0.4) is 0 Å². The van der Waals surface area contributed by atoms with Crippen molar-refractivity contribution in [3.63, 3.8) is 0 Å². The highest BCUT2D eigenvalue weighted by molar-refractivity contribution is 7.09. The highest BCUT2D eigenvalue weighted by atomic mass is 32.1. The average molecular weight is 382 g/mol. The molecule has 0 saturated carbocycles. The van der Waals surface area contributed by atoms with Crippen LogP contribution in [0.15, 0.2) is 48.0 Å². The monoisotopic (exact) mass is 382 g/mol. The second-order valence-corrected chi connectivity index (χ2v) is 7.35. The Bertz CT molecular complexity index is 981. The molecule has 1 atom stereocenters. The fourth-order valence-electron chi connectivity index (χ4n) is 3.21. The molecule has 0 radical (unpaired) electrons. The number of amides is 2. The third kappa shape index (κ3) is 3.70. The highest BCUT2D eigenvalue weighted by Crippen LogP contribution is 2.38. The van der Waals surface area contributed by atoms with Crippen LogP contribution in [0.5, 0.6) is 5.75 Å². The number of nitrogens with two attached hydrogens (primary N) is 1. The number of benzene rings is 1. The molecular formula is C19H18N4O3S. The summed E-state index contributed by atoms with van der Waals surface area (Å²) in [6.07, 6.45) is 2.14. The molecule has 0 unspecified atom stereocenters. The summed E-state index contributed by atoms with van der Waals surface area (Å²) in [5.41, 5.74) is 7.04. The Labute approximate surface area is 159 Å². The van der Waals surface area contributed by atoms with Gasteiger partial charge in [-0.25, -0.2) is 4.68 Å². The van der Waals surface area contributed by atoms with Crippen LogP contribution in [-0.4, -0.2) is 28.2 Å². The van der Waals surface area contributed by atoms with Crippen LogP contribution in [0.1, 0.15) is 28.3 Å². The number of aromatic nitrogens is 2. The topological polar surface area (TPSA) is 99.2 Å². The van der Waals surface area contributed by atoms with Gasteiger partial charge >= 0.3 is 0 Å². The number of carbonyl (C=O) groups excluding carboxylic acids is 2. The van der Waals surface area contributed by atoms with Crippen molar-refractivity contribution in [1.29, 1.82) is 0 Å². The van der Waals surface area contributed by atoms with Gasteiger partial charge in [0.2, 0.25) is 5.91 Å². The van der Waals surface area contributed by atoms with Crippen molar-refractivity contribution < 1.29 is 14.3 Å². The molecule has 3 heterocycles. The molecule has 2 amide bonds. The lowest BCUT2D eigenvalue weighted by atomic mass is 9.87. The zero-order valence-corrected chi connectivity index (χ0v) is 15.2. The van der Waals surface area contributed by atoms with E-state index in [4.69, 9.17) is 10.5 Å². The standard InChI is InChI=1S/C19H18N4O3S/c20-17(24)11-26-13-4-1-3-12(7-13)15-8-18(25)22-19-16(15)9-21-23(19)10-14-5-2-6-27-14/h1-7,9,15H,8,10-11H2,(H2,20,24)(H,22,25)/t15-/m0/s1. The Morgan fingerprint density at radius 3 is 3.04 bits per heavy atom. The van der Waals surface area contributed by atoms with Gasteiger partial charge in [0, 0.05) is 22.8 Å². The Kier molecular flexibility index (Phi) is 4.64. The van der Waals surface area contributed by atoms with Crippen molar-refractivity contribution in [3.8, 4) is 5.75 Å². The smallest absolute Gasteiger partial charge is 0.255 e. The molecule has 8 heteroatoms. The lowest BCUT2D eigenvalue weighted by Crippen LogP contribution is -2.25. The summed E-state index contributed by atoms with van der Waals surface area (Å²) in [4.78, 5) is 24.4. The predicted octanol–water partition coefficient (Wildman–Crippen LogP) is 2.33. The van der Waals surface area contributed by atoms with Gasteiger partial charge in [-0.15, -0.1) is 11.3 Å². The highest BCUT2D eigenvalue weighted by Gasteiger charge is 2.30. The number of primary amides is 1. The molecule has 0 saturated heterocycles. The van der Waals surface area contributed by atoms with E-state index >= 15 is 0 Å². The molecule has 0 fully saturated rings. The van der Waals surface area contributed by atoms with E-state index < -0.39 is 5.91 Å². The molecule has 4 rings (SSSR count). The van der Waals surface area contributed by atoms with E-state index in [9.17, 15) is 9.59 Å². The largest absolute Gasteiger partial charge is 0.484 e. The van der Waals surface area contributed by atoms with Gasteiger partial charge in [-0.3, -0.25) is 9.59 Å². The van der Waals surface area contributed by atoms with Gasteiger partial charge in [0.15, 0.2) is 6.61 Å². The van der Waals surface area contributed by atoms with Crippen LogP contribution in [0.2, 0.25) is 0 Å². The first-order valence-electron chi connectivity index (χ1n) is 8.49. The number of carbonyl (C=O) groups is 2. The van der Waals surface area contributed by atoms with Crippen LogP contribution in [-0.2, 0) is 16.1 Å². The minimum atomic E-state index is -0.533. The van der Waals surface area contributed by atoms with Gasteiger partial charge in [-0.1, -0.05) is 18.2 Å². The summed E-state index contributed by atoms with van der Waals surface area (Å²) in [5.74, 6) is 0.569. The fraction of sp³-hybridized carbons (Fsp3) is 0.211. The Hall–Kier alpha value is -3.13. The van der Waals surface area contributed by atoms with Gasteiger partial charge in [0.05, 0.1) is 12.7 Å². The SMILES string of the molecule is NC(=O)COc1cccc([C@@H]2CC(=O)Nc3c2cnn3Cc2cccs2)c1. The Balaban J connectivity index is 1.64. The predicted molar refractivity (Wildman–Crippen MR) is 102 cm³/mol. The molecule has 0 spiro atoms. The number of rotatable bonds is 6. The first-order chi connectivity index (χ1) is 13.1. The van der Waals surface area contributed by atoms with Crippen LogP contribution in [0, 0.1) is 0 Å². The van der Waals surface area contributed by atoms with Crippen LogP contribution in [0.4, 0.5) is 5.82 Å². The number of fused-ring (bicyclic) bond motifs is 1. The summed E-state index contributed by atoms with van der Waals surface area (Å²) in [5, 5.41) is 9.45. The van der Waals surface area contributed by atoms with Gasteiger partial charge < -0.3 is 15.8 Å². The molecule has 0 aliphatic carbocycles. The zero-order chi connectivity index (χ0) is 18.8. The molecule has 27 heavy (non-hydrogen) atoms. The van der Waals surface area contributed by atoms with E-state index in [1.165, 1.54) is 4.88 Å². The van der Waals surface area contributed by atoms with Gasteiger partial charge in [-0.05, 0) is 29.1 Å². The number of thiophene rings is 1. The minimum Gasteiger partial charge on any atom is -0.484 e. The molecule has 1 aliphatic rings. The summed E-state index contributed by atoms with van der Waals surface area (Å²) < 4.78 is 7.21. The zero-order valence-electron chi connectivity index (χ0n) is 14.4. The molecule has 3 aromatic rings. The van der Waals surface area contributed by atoms with Crippen molar-refractivity contribution in [2.45, 2.75) is 18.9 Å². The maximum Gasteiger partial charge on any atom is 0.255 e. The summed E-state index contributed by atoms with van der Waals surface area (Å²) in [7, 11) is 0. The van der Waals surface area contributed by atoms with E-state index in [-0.39, 0.29) is 18.4 Å². The fourth-order valence-corrected chi connectivity index (χ4v) is 3.90. The van der Waals surface area contributed by atoms with E-state index in [0.29, 0.717) is 18.7 Å². The molecule has 1 aliphatic heterocycles. The third-order valence-corrected chi connectivity index (χ3v) is 5.28. The molecule has 3 N–H and O–H groups in total. The van der Waals surface area contributed by atoms with Gasteiger partial charge in [0.25, 0.3) is 5.91 Å². The molecule has 1 aromatic carbocycles. The Morgan fingerprint density at radius 1 is 1.37 bits per heavy atom. The summed E-state index contributed by atoms with van der Waals surface area (Å²) in [6.45, 7) is 0.431. The molecular weight excluding hydrogens is 364 g/mol. The summed E-state index contributed by atoms with van der Waals surface area (Å²) in [6, 6.07) is 11.4. The maximum absolute atomic E-state index is 12.3. The molecule has 2 aromatic heterocycles. The number of ether oxygens (including phenoxy) is 1. The van der Waals surface area contributed by atoms with Gasteiger partial charge in [0.1, 0.15) is 11.6 Å². The molecule has 0 bridgehead atoms. The lowest BCUT2D eigenvalue weighted by Gasteiger charge is -2.24. The second kappa shape index (κ2) is 7.24. The van der Waals surface area contributed by atoms with Crippen LogP contribution in [0.25, 0.3) is 0 Å². The van der Waals surface area contributed by atoms with Crippen molar-refractivity contribution in [3.05, 3.63) is 64.0 Å². The van der Waals surface area contributed by atoms with Crippen molar-refractivity contribution in [2.24, 2.45) is 5.73 Å². The quantitative estimate of drug-likeness (QED) is 0.683. The van der Waals surface area contributed by atoms with E-state index in [1.54, 1.807) is 17.4 Å². The average Bonchev–Trinajstić information content (AvgIpc) is 3.30. The number of nitrogens with one attached hydrogen (secondary N) is 1.